The smallest absolute Gasteiger partial charge is 0.129 e. The highest BCUT2D eigenvalue weighted by Gasteiger charge is 2.25. The lowest BCUT2D eigenvalue weighted by Crippen LogP contribution is -3.00. The van der Waals surface area contributed by atoms with Crippen molar-refractivity contribution in [2.45, 2.75) is 37.8 Å². The average Bonchev–Trinajstić information content (AvgIpc) is 2.23. The summed E-state index contributed by atoms with van der Waals surface area (Å²) in [7, 11) is 0. The Labute approximate surface area is 97.1 Å². The second-order valence-corrected chi connectivity index (χ2v) is 4.09. The fraction of sp³-hybridized carbons (Fsp3) is 0.500. The van der Waals surface area contributed by atoms with Crippen LogP contribution < -0.4 is 17.7 Å². The molecule has 1 fully saturated rings. The fourth-order valence-corrected chi connectivity index (χ4v) is 2.15. The van der Waals surface area contributed by atoms with Gasteiger partial charge in [0.15, 0.2) is 0 Å². The first-order chi connectivity index (χ1) is 6.86. The van der Waals surface area contributed by atoms with E-state index in [1.165, 1.54) is 18.5 Å². The van der Waals surface area contributed by atoms with Gasteiger partial charge in [0.1, 0.15) is 17.8 Å². The zero-order valence-electron chi connectivity index (χ0n) is 8.77. The molecule has 0 bridgehead atoms. The molecule has 0 heterocycles. The third kappa shape index (κ3) is 3.49. The van der Waals surface area contributed by atoms with Crippen LogP contribution in [-0.4, -0.2) is 17.3 Å². The van der Waals surface area contributed by atoms with Gasteiger partial charge in [-0.15, -0.1) is 0 Å². The molecule has 0 spiro atoms. The molecule has 15 heavy (non-hydrogen) atoms. The molecular weight excluding hydrogens is 210 g/mol. The minimum absolute atomic E-state index is 0. The van der Waals surface area contributed by atoms with Crippen LogP contribution in [0.1, 0.15) is 25.7 Å². The standard InChI is InChI=1S/C12H17NO.ClH/c14-12-9-5-4-8-11(12)13-10-6-2-1-3-7-10;/h1-3,6-7,11-14H,4-5,8-9H2;1H/t11-,12+;/m0./s1. The first kappa shape index (κ1) is 12.5. The molecule has 0 aliphatic heterocycles. The lowest BCUT2D eigenvalue weighted by atomic mass is 9.92. The lowest BCUT2D eigenvalue weighted by Gasteiger charge is -2.25. The maximum atomic E-state index is 9.80. The Morgan fingerprint density at radius 2 is 1.73 bits per heavy atom. The zero-order chi connectivity index (χ0) is 9.80. The van der Waals surface area contributed by atoms with E-state index in [1.807, 2.05) is 18.2 Å². The van der Waals surface area contributed by atoms with E-state index >= 15 is 0 Å². The third-order valence-electron chi connectivity index (χ3n) is 2.99. The molecule has 84 valence electrons. The van der Waals surface area contributed by atoms with Crippen LogP contribution in [0.5, 0.6) is 0 Å². The van der Waals surface area contributed by atoms with Crippen LogP contribution in [-0.2, 0) is 0 Å². The lowest BCUT2D eigenvalue weighted by molar-refractivity contribution is -0.623. The van der Waals surface area contributed by atoms with Crippen LogP contribution >= 0.6 is 0 Å². The van der Waals surface area contributed by atoms with Gasteiger partial charge in [0.05, 0.1) is 0 Å². The maximum absolute atomic E-state index is 9.80. The van der Waals surface area contributed by atoms with Gasteiger partial charge < -0.3 is 22.8 Å². The minimum Gasteiger partial charge on any atom is -1.00 e. The van der Waals surface area contributed by atoms with Crippen LogP contribution in [0.4, 0.5) is 5.69 Å². The van der Waals surface area contributed by atoms with Crippen molar-refractivity contribution >= 4 is 5.69 Å². The van der Waals surface area contributed by atoms with E-state index in [-0.39, 0.29) is 18.5 Å². The summed E-state index contributed by atoms with van der Waals surface area (Å²) in [6, 6.07) is 10.7. The van der Waals surface area contributed by atoms with Crippen LogP contribution in [0.25, 0.3) is 0 Å². The molecule has 1 aliphatic rings. The summed E-state index contributed by atoms with van der Waals surface area (Å²) in [4.78, 5) is 0. The topological polar surface area (TPSA) is 36.8 Å². The Kier molecular flexibility index (Phi) is 5.09. The minimum atomic E-state index is -0.121. The summed E-state index contributed by atoms with van der Waals surface area (Å²) in [5, 5.41) is 12.0. The predicted molar refractivity (Wildman–Crippen MR) is 56.3 cm³/mol. The zero-order valence-corrected chi connectivity index (χ0v) is 9.53. The van der Waals surface area contributed by atoms with Crippen molar-refractivity contribution in [3.63, 3.8) is 0 Å². The number of aliphatic hydroxyl groups excluding tert-OH is 1. The summed E-state index contributed by atoms with van der Waals surface area (Å²) < 4.78 is 0. The summed E-state index contributed by atoms with van der Waals surface area (Å²) in [6.45, 7) is 0. The van der Waals surface area contributed by atoms with Gasteiger partial charge in [-0.2, -0.15) is 0 Å². The molecule has 2 rings (SSSR count). The Hall–Kier alpha value is -0.570. The van der Waals surface area contributed by atoms with Gasteiger partial charge in [0.2, 0.25) is 0 Å². The molecule has 1 aromatic rings. The number of hydrogen-bond donors (Lipinski definition) is 2. The number of hydrogen-bond acceptors (Lipinski definition) is 1. The number of para-hydroxylation sites is 1. The predicted octanol–water partition coefficient (Wildman–Crippen LogP) is -1.81. The van der Waals surface area contributed by atoms with E-state index in [0.29, 0.717) is 6.04 Å². The van der Waals surface area contributed by atoms with Gasteiger partial charge in [-0.3, -0.25) is 0 Å². The highest BCUT2D eigenvalue weighted by atomic mass is 35.5. The van der Waals surface area contributed by atoms with E-state index in [1.54, 1.807) is 0 Å². The van der Waals surface area contributed by atoms with E-state index in [0.717, 1.165) is 12.8 Å². The molecule has 3 heteroatoms. The summed E-state index contributed by atoms with van der Waals surface area (Å²) in [5.74, 6) is 0. The van der Waals surface area contributed by atoms with E-state index in [9.17, 15) is 5.11 Å². The molecule has 0 saturated heterocycles. The van der Waals surface area contributed by atoms with Crippen LogP contribution in [0.2, 0.25) is 0 Å². The average molecular weight is 228 g/mol. The van der Waals surface area contributed by atoms with Crippen molar-refractivity contribution in [2.75, 3.05) is 0 Å². The molecule has 0 aromatic heterocycles. The van der Waals surface area contributed by atoms with E-state index in [2.05, 4.69) is 17.4 Å². The first-order valence-electron chi connectivity index (χ1n) is 5.44. The molecule has 0 radical (unpaired) electrons. The van der Waals surface area contributed by atoms with Crippen molar-refractivity contribution in [1.29, 1.82) is 0 Å². The normalized spacial score (nSPS) is 25.7. The van der Waals surface area contributed by atoms with Gasteiger partial charge in [-0.25, -0.2) is 0 Å². The summed E-state index contributed by atoms with van der Waals surface area (Å²) >= 11 is 0. The van der Waals surface area contributed by atoms with E-state index < -0.39 is 0 Å². The molecule has 2 nitrogen and oxygen atoms in total. The van der Waals surface area contributed by atoms with Crippen molar-refractivity contribution in [3.8, 4) is 0 Å². The number of benzene rings is 1. The Bertz CT molecular complexity index is 278. The van der Waals surface area contributed by atoms with Crippen LogP contribution in [0, 0.1) is 0 Å². The Morgan fingerprint density at radius 3 is 2.40 bits per heavy atom. The number of aliphatic hydroxyl groups is 1. The van der Waals surface area contributed by atoms with Crippen LogP contribution in [0.15, 0.2) is 30.3 Å². The van der Waals surface area contributed by atoms with Gasteiger partial charge in [0, 0.05) is 6.42 Å². The van der Waals surface area contributed by atoms with Crippen molar-refractivity contribution in [1.82, 2.24) is 0 Å². The SMILES string of the molecule is O[C@@H]1CCCC[C@@H]1[NH2+]c1ccccc1.[Cl-]. The highest BCUT2D eigenvalue weighted by Crippen LogP contribution is 2.16. The molecule has 0 amide bonds. The van der Waals surface area contributed by atoms with Crippen molar-refractivity contribution in [2.24, 2.45) is 0 Å². The fourth-order valence-electron chi connectivity index (χ4n) is 2.15. The third-order valence-corrected chi connectivity index (χ3v) is 2.99. The first-order valence-corrected chi connectivity index (χ1v) is 5.44. The number of quaternary nitrogens is 1. The highest BCUT2D eigenvalue weighted by molar-refractivity contribution is 5.27. The second-order valence-electron chi connectivity index (χ2n) is 4.09. The van der Waals surface area contributed by atoms with Crippen LogP contribution in [0.3, 0.4) is 0 Å². The number of nitrogens with two attached hydrogens (primary N) is 1. The Morgan fingerprint density at radius 1 is 1.07 bits per heavy atom. The molecule has 2 atom stereocenters. The van der Waals surface area contributed by atoms with Gasteiger partial charge in [-0.05, 0) is 25.0 Å². The molecule has 1 aromatic carbocycles. The summed E-state index contributed by atoms with van der Waals surface area (Å²) in [5.41, 5.74) is 1.23. The second kappa shape index (κ2) is 6.11. The molecular formula is C12H18ClNO. The van der Waals surface area contributed by atoms with Gasteiger partial charge in [0.25, 0.3) is 0 Å². The molecule has 0 unspecified atom stereocenters. The molecule has 1 aliphatic carbocycles. The van der Waals surface area contributed by atoms with Crippen molar-refractivity contribution in [3.05, 3.63) is 30.3 Å². The maximum Gasteiger partial charge on any atom is 0.129 e. The molecule has 3 N–H and O–H groups in total. The van der Waals surface area contributed by atoms with Gasteiger partial charge >= 0.3 is 0 Å². The van der Waals surface area contributed by atoms with Crippen molar-refractivity contribution < 1.29 is 22.8 Å². The monoisotopic (exact) mass is 227 g/mol. The number of rotatable bonds is 2. The summed E-state index contributed by atoms with van der Waals surface area (Å²) in [6.07, 6.45) is 4.42. The molecule has 1 saturated carbocycles. The quantitative estimate of drug-likeness (QED) is 0.575. The Balaban J connectivity index is 0.00000112. The number of halogens is 1. The van der Waals surface area contributed by atoms with Gasteiger partial charge in [-0.1, -0.05) is 24.6 Å². The largest absolute Gasteiger partial charge is 1.00 e. The van der Waals surface area contributed by atoms with E-state index in [4.69, 9.17) is 0 Å².